The van der Waals surface area contributed by atoms with Gasteiger partial charge < -0.3 is 14.2 Å². The van der Waals surface area contributed by atoms with Crippen LogP contribution in [0.25, 0.3) is 17.0 Å². The van der Waals surface area contributed by atoms with Gasteiger partial charge in [-0.25, -0.2) is 14.5 Å². The Bertz CT molecular complexity index is 1450. The zero-order valence-corrected chi connectivity index (χ0v) is 21.1. The predicted molar refractivity (Wildman–Crippen MR) is 135 cm³/mol. The lowest BCUT2D eigenvalue weighted by molar-refractivity contribution is 0.0526. The minimum atomic E-state index is -0.443. The van der Waals surface area contributed by atoms with E-state index < -0.39 is 5.97 Å². The maximum Gasteiger partial charge on any atom is 0.341 e. The smallest absolute Gasteiger partial charge is 0.341 e. The first kappa shape index (κ1) is 23.4. The van der Waals surface area contributed by atoms with E-state index in [0.717, 1.165) is 30.5 Å². The highest BCUT2D eigenvalue weighted by Gasteiger charge is 2.45. The number of carbonyl (C=O) groups excluding carboxylic acids is 1. The average Bonchev–Trinajstić information content (AvgIpc) is 3.31. The van der Waals surface area contributed by atoms with E-state index in [0.29, 0.717) is 36.7 Å². The van der Waals surface area contributed by atoms with E-state index in [-0.39, 0.29) is 11.4 Å². The number of hydrogen-bond acceptors (Lipinski definition) is 8. The van der Waals surface area contributed by atoms with Crippen LogP contribution in [-0.4, -0.2) is 55.8 Å². The number of benzene rings is 1. The van der Waals surface area contributed by atoms with E-state index in [1.165, 1.54) is 41.3 Å². The summed E-state index contributed by atoms with van der Waals surface area (Å²) in [7, 11) is 1.57. The lowest BCUT2D eigenvalue weighted by Crippen LogP contribution is -2.21. The van der Waals surface area contributed by atoms with Crippen LogP contribution in [0.4, 0.5) is 0 Å². The number of carbonyl (C=O) groups is 1. The van der Waals surface area contributed by atoms with Gasteiger partial charge in [0, 0.05) is 11.6 Å². The van der Waals surface area contributed by atoms with Gasteiger partial charge in [0.15, 0.2) is 0 Å². The summed E-state index contributed by atoms with van der Waals surface area (Å²) in [6.07, 6.45) is 11.7. The number of aryl methyl sites for hydroxylation is 2. The number of nitrogens with zero attached hydrogens (tertiary/aromatic N) is 6. The van der Waals surface area contributed by atoms with Gasteiger partial charge in [-0.2, -0.15) is 15.2 Å². The van der Waals surface area contributed by atoms with Crippen molar-refractivity contribution in [3.05, 3.63) is 53.5 Å². The van der Waals surface area contributed by atoms with Gasteiger partial charge in [0.05, 0.1) is 44.8 Å². The van der Waals surface area contributed by atoms with Crippen molar-refractivity contribution in [1.82, 2.24) is 29.5 Å². The summed E-state index contributed by atoms with van der Waals surface area (Å²) in [5.74, 6) is 1.19. The lowest BCUT2D eigenvalue weighted by Gasteiger charge is -2.20. The first-order valence-corrected chi connectivity index (χ1v) is 12.8. The molecule has 2 aliphatic rings. The fourth-order valence-electron chi connectivity index (χ4n) is 4.95. The predicted octanol–water partition coefficient (Wildman–Crippen LogP) is 3.94. The zero-order chi connectivity index (χ0) is 25.4. The molecule has 192 valence electrons. The van der Waals surface area contributed by atoms with Crippen LogP contribution in [0.5, 0.6) is 11.6 Å². The van der Waals surface area contributed by atoms with E-state index in [1.54, 1.807) is 26.4 Å². The van der Waals surface area contributed by atoms with E-state index in [2.05, 4.69) is 38.4 Å². The Labute approximate surface area is 214 Å². The van der Waals surface area contributed by atoms with Crippen molar-refractivity contribution in [3.63, 3.8) is 0 Å². The van der Waals surface area contributed by atoms with Gasteiger partial charge in [-0.15, -0.1) is 0 Å². The van der Waals surface area contributed by atoms with E-state index in [4.69, 9.17) is 14.2 Å². The van der Waals surface area contributed by atoms with Crippen molar-refractivity contribution in [3.8, 4) is 17.6 Å². The molecule has 0 N–H and O–H groups in total. The molecule has 10 heteroatoms. The molecule has 0 saturated heterocycles. The van der Waals surface area contributed by atoms with Crippen molar-refractivity contribution in [1.29, 1.82) is 0 Å². The fraction of sp³-hybridized carbons (Fsp3) is 0.444. The molecule has 10 nitrogen and oxygen atoms in total. The van der Waals surface area contributed by atoms with Crippen LogP contribution in [0, 0.1) is 5.41 Å². The van der Waals surface area contributed by atoms with Crippen molar-refractivity contribution >= 4 is 17.0 Å². The minimum absolute atomic E-state index is 0.0229. The van der Waals surface area contributed by atoms with Crippen LogP contribution < -0.4 is 9.47 Å². The largest absolute Gasteiger partial charge is 0.493 e. The molecule has 0 spiro atoms. The molecule has 1 aromatic carbocycles. The third-order valence-electron chi connectivity index (χ3n) is 7.24. The zero-order valence-electron chi connectivity index (χ0n) is 21.1. The molecule has 0 bridgehead atoms. The molecule has 0 atom stereocenters. The highest BCUT2D eigenvalue weighted by Crippen LogP contribution is 2.48. The topological polar surface area (TPSA) is 106 Å². The molecule has 37 heavy (non-hydrogen) atoms. The average molecular weight is 503 g/mol. The molecule has 3 heterocycles. The molecular formula is C27H30N6O4. The van der Waals surface area contributed by atoms with Crippen LogP contribution in [0.15, 0.2) is 36.8 Å². The Morgan fingerprint density at radius 2 is 1.92 bits per heavy atom. The summed E-state index contributed by atoms with van der Waals surface area (Å²) in [6, 6.07) is 6.54. The second kappa shape index (κ2) is 9.49. The molecule has 6 rings (SSSR count). The third-order valence-corrected chi connectivity index (χ3v) is 7.24. The third kappa shape index (κ3) is 4.63. The van der Waals surface area contributed by atoms with Gasteiger partial charge in [-0.3, -0.25) is 4.68 Å². The van der Waals surface area contributed by atoms with Gasteiger partial charge in [0.25, 0.3) is 5.95 Å². The number of methoxy groups -OCH3 is 1. The Kier molecular flexibility index (Phi) is 6.02. The standard InChI is InChI=1S/C27H30N6O4/c1-3-36-25(34)20-13-28-32(15-20)26-30-22-14-29-33(23(22)24(31-26)35-2)16-27(10-11-27)17-37-21-9-8-18-6-4-5-7-19(18)12-21/h8-9,12-15H,3-7,10-11,16-17H2,1-2H3. The van der Waals surface area contributed by atoms with Gasteiger partial charge in [0.1, 0.15) is 16.8 Å². The molecule has 0 radical (unpaired) electrons. The van der Waals surface area contributed by atoms with Gasteiger partial charge in [-0.1, -0.05) is 6.07 Å². The SMILES string of the molecule is CCOC(=O)c1cnn(-c2nc(OC)c3c(cnn3CC3(COc4ccc5c(c4)CCCC5)CC3)n2)c1. The molecule has 0 aliphatic heterocycles. The quantitative estimate of drug-likeness (QED) is 0.317. The van der Waals surface area contributed by atoms with Crippen molar-refractivity contribution in [2.75, 3.05) is 20.3 Å². The number of hydrogen-bond donors (Lipinski definition) is 0. The van der Waals surface area contributed by atoms with Crippen LogP contribution >= 0.6 is 0 Å². The normalized spacial score (nSPS) is 15.8. The number of rotatable bonds is 9. The number of esters is 1. The Morgan fingerprint density at radius 1 is 1.08 bits per heavy atom. The number of ether oxygens (including phenoxy) is 3. The number of fused-ring (bicyclic) bond motifs is 2. The van der Waals surface area contributed by atoms with Crippen molar-refractivity contribution in [2.45, 2.75) is 52.0 Å². The number of aromatic nitrogens is 6. The molecule has 0 amide bonds. The fourth-order valence-corrected chi connectivity index (χ4v) is 4.95. The monoisotopic (exact) mass is 502 g/mol. The van der Waals surface area contributed by atoms with Gasteiger partial charge in [-0.05, 0) is 68.7 Å². The summed E-state index contributed by atoms with van der Waals surface area (Å²) in [5, 5.41) is 8.83. The molecular weight excluding hydrogens is 472 g/mol. The van der Waals surface area contributed by atoms with E-state index in [1.807, 2.05) is 4.68 Å². The molecule has 0 unspecified atom stereocenters. The maximum atomic E-state index is 12.0. The van der Waals surface area contributed by atoms with Gasteiger partial charge >= 0.3 is 5.97 Å². The van der Waals surface area contributed by atoms with E-state index in [9.17, 15) is 4.79 Å². The summed E-state index contributed by atoms with van der Waals surface area (Å²) in [4.78, 5) is 21.2. The first-order chi connectivity index (χ1) is 18.1. The highest BCUT2D eigenvalue weighted by molar-refractivity contribution is 5.88. The first-order valence-electron chi connectivity index (χ1n) is 12.8. The van der Waals surface area contributed by atoms with Gasteiger partial charge in [0.2, 0.25) is 5.88 Å². The molecule has 1 saturated carbocycles. The van der Waals surface area contributed by atoms with Crippen LogP contribution in [0.3, 0.4) is 0 Å². The van der Waals surface area contributed by atoms with Crippen molar-refractivity contribution in [2.24, 2.45) is 5.41 Å². The molecule has 4 aromatic rings. The van der Waals surface area contributed by atoms with Crippen molar-refractivity contribution < 1.29 is 19.0 Å². The second-order valence-corrected chi connectivity index (χ2v) is 9.89. The van der Waals surface area contributed by atoms with Crippen LogP contribution in [0.2, 0.25) is 0 Å². The Morgan fingerprint density at radius 3 is 2.70 bits per heavy atom. The minimum Gasteiger partial charge on any atom is -0.493 e. The Balaban J connectivity index is 1.20. The maximum absolute atomic E-state index is 12.0. The lowest BCUT2D eigenvalue weighted by atomic mass is 9.92. The summed E-state index contributed by atoms with van der Waals surface area (Å²) < 4.78 is 20.3. The summed E-state index contributed by atoms with van der Waals surface area (Å²) in [5.41, 5.74) is 4.60. The summed E-state index contributed by atoms with van der Waals surface area (Å²) >= 11 is 0. The molecule has 3 aromatic heterocycles. The van der Waals surface area contributed by atoms with Crippen LogP contribution in [-0.2, 0) is 24.1 Å². The van der Waals surface area contributed by atoms with E-state index >= 15 is 0 Å². The van der Waals surface area contributed by atoms with Crippen LogP contribution in [0.1, 0.15) is 54.1 Å². The Hall–Kier alpha value is -3.95. The highest BCUT2D eigenvalue weighted by atomic mass is 16.5. The summed E-state index contributed by atoms with van der Waals surface area (Å²) in [6.45, 7) is 3.38. The molecule has 1 fully saturated rings. The second-order valence-electron chi connectivity index (χ2n) is 9.89. The molecule has 2 aliphatic carbocycles.